The summed E-state index contributed by atoms with van der Waals surface area (Å²) in [5, 5.41) is 10.6. The molecule has 0 amide bonds. The monoisotopic (exact) mass is 329 g/mol. The number of aliphatic imine (C=N–C) groups is 1. The predicted molar refractivity (Wildman–Crippen MR) is 96.5 cm³/mol. The molecule has 0 radical (unpaired) electrons. The average Bonchev–Trinajstić information content (AvgIpc) is 2.95. The summed E-state index contributed by atoms with van der Waals surface area (Å²) in [5.74, 6) is 1.65. The van der Waals surface area contributed by atoms with Gasteiger partial charge in [-0.25, -0.2) is 9.98 Å². The van der Waals surface area contributed by atoms with Gasteiger partial charge in [0.25, 0.3) is 0 Å². The fourth-order valence-corrected chi connectivity index (χ4v) is 2.35. The molecule has 0 bridgehead atoms. The third kappa shape index (κ3) is 5.66. The summed E-state index contributed by atoms with van der Waals surface area (Å²) >= 11 is 0. The molecule has 1 aromatic heterocycles. The van der Waals surface area contributed by atoms with E-state index in [4.69, 9.17) is 0 Å². The minimum absolute atomic E-state index is 0.586. The van der Waals surface area contributed by atoms with Crippen LogP contribution < -0.4 is 10.6 Å². The van der Waals surface area contributed by atoms with Gasteiger partial charge in [-0.1, -0.05) is 24.3 Å². The fraction of sp³-hybridized carbons (Fsp3) is 0.471. The Kier molecular flexibility index (Phi) is 6.74. The number of rotatable bonds is 7. The van der Waals surface area contributed by atoms with Crippen LogP contribution in [0.2, 0.25) is 0 Å². The van der Waals surface area contributed by atoms with Crippen molar-refractivity contribution in [1.29, 1.82) is 0 Å². The van der Waals surface area contributed by atoms with Crippen molar-refractivity contribution < 1.29 is 0 Å². The summed E-state index contributed by atoms with van der Waals surface area (Å²) in [5.41, 5.74) is 2.50. The van der Waals surface area contributed by atoms with Gasteiger partial charge in [-0.15, -0.1) is 0 Å². The van der Waals surface area contributed by atoms with E-state index in [-0.39, 0.29) is 0 Å². The molecule has 0 unspecified atom stereocenters. The molecule has 0 fully saturated rings. The Labute approximate surface area is 143 Å². The van der Waals surface area contributed by atoms with E-state index in [2.05, 4.69) is 75.9 Å². The largest absolute Gasteiger partial charge is 0.357 e. The number of guanidine groups is 1. The lowest BCUT2D eigenvalue weighted by molar-refractivity contribution is 0.402. The van der Waals surface area contributed by atoms with E-state index in [1.54, 1.807) is 11.0 Å². The van der Waals surface area contributed by atoms with Gasteiger partial charge < -0.3 is 15.5 Å². The molecule has 1 heterocycles. The van der Waals surface area contributed by atoms with Crippen molar-refractivity contribution in [1.82, 2.24) is 30.3 Å². The molecule has 2 aromatic rings. The van der Waals surface area contributed by atoms with Crippen LogP contribution in [0.3, 0.4) is 0 Å². The molecular formula is C17H27N7. The summed E-state index contributed by atoms with van der Waals surface area (Å²) in [6, 6.07) is 8.54. The molecule has 0 aliphatic heterocycles. The molecule has 2 N–H and O–H groups in total. The Bertz CT molecular complexity index is 660. The van der Waals surface area contributed by atoms with Gasteiger partial charge in [-0.05, 0) is 32.1 Å². The van der Waals surface area contributed by atoms with Crippen molar-refractivity contribution in [2.45, 2.75) is 26.6 Å². The van der Waals surface area contributed by atoms with Gasteiger partial charge in [0, 0.05) is 20.1 Å². The van der Waals surface area contributed by atoms with Gasteiger partial charge >= 0.3 is 0 Å². The molecule has 7 nitrogen and oxygen atoms in total. The molecule has 24 heavy (non-hydrogen) atoms. The Morgan fingerprint density at radius 2 is 2.04 bits per heavy atom. The van der Waals surface area contributed by atoms with Crippen LogP contribution in [0.4, 0.5) is 0 Å². The Morgan fingerprint density at radius 3 is 2.71 bits per heavy atom. The zero-order valence-corrected chi connectivity index (χ0v) is 15.0. The molecule has 7 heteroatoms. The lowest BCUT2D eigenvalue weighted by Gasteiger charge is -2.12. The number of aromatic nitrogens is 3. The van der Waals surface area contributed by atoms with Gasteiger partial charge in [0.2, 0.25) is 0 Å². The summed E-state index contributed by atoms with van der Waals surface area (Å²) in [6.07, 6.45) is 1.55. The van der Waals surface area contributed by atoms with Gasteiger partial charge in [0.1, 0.15) is 12.2 Å². The first-order valence-corrected chi connectivity index (χ1v) is 8.16. The quantitative estimate of drug-likeness (QED) is 0.589. The standard InChI is InChI=1S/C17H27N7/c1-5-18-17(20-11-16-21-13-22-24(16)4)19-10-14-7-6-8-15(9-14)12-23(2)3/h6-9,13H,5,10-12H2,1-4H3,(H2,18,19,20). The second kappa shape index (κ2) is 9.02. The lowest BCUT2D eigenvalue weighted by atomic mass is 10.1. The molecule has 2 rings (SSSR count). The van der Waals surface area contributed by atoms with Gasteiger partial charge in [0.05, 0.1) is 13.1 Å². The van der Waals surface area contributed by atoms with E-state index in [1.807, 2.05) is 7.05 Å². The number of nitrogens with zero attached hydrogens (tertiary/aromatic N) is 5. The molecule has 0 aliphatic rings. The topological polar surface area (TPSA) is 70.4 Å². The van der Waals surface area contributed by atoms with Crippen LogP contribution in [0, 0.1) is 0 Å². The summed E-state index contributed by atoms with van der Waals surface area (Å²) < 4.78 is 1.75. The van der Waals surface area contributed by atoms with E-state index >= 15 is 0 Å². The maximum absolute atomic E-state index is 4.66. The van der Waals surface area contributed by atoms with Crippen LogP contribution in [0.25, 0.3) is 0 Å². The van der Waals surface area contributed by atoms with E-state index in [0.29, 0.717) is 13.1 Å². The van der Waals surface area contributed by atoms with Crippen LogP contribution in [-0.4, -0.2) is 46.3 Å². The van der Waals surface area contributed by atoms with E-state index < -0.39 is 0 Å². The lowest BCUT2D eigenvalue weighted by Crippen LogP contribution is -2.37. The summed E-state index contributed by atoms with van der Waals surface area (Å²) in [4.78, 5) is 11.0. The third-order valence-electron chi connectivity index (χ3n) is 3.47. The molecule has 130 valence electrons. The molecule has 0 saturated carbocycles. The normalized spacial score (nSPS) is 11.8. The molecule has 0 atom stereocenters. The van der Waals surface area contributed by atoms with E-state index in [9.17, 15) is 0 Å². The van der Waals surface area contributed by atoms with Crippen LogP contribution >= 0.6 is 0 Å². The Morgan fingerprint density at radius 1 is 1.25 bits per heavy atom. The summed E-state index contributed by atoms with van der Waals surface area (Å²) in [6.45, 7) is 5.02. The SMILES string of the molecule is CCNC(=NCc1cccc(CN(C)C)c1)NCc1ncnn1C. The maximum Gasteiger partial charge on any atom is 0.191 e. The van der Waals surface area contributed by atoms with E-state index in [1.165, 1.54) is 11.1 Å². The van der Waals surface area contributed by atoms with Crippen LogP contribution in [0.15, 0.2) is 35.6 Å². The number of hydrogen-bond donors (Lipinski definition) is 2. The Hall–Kier alpha value is -2.41. The van der Waals surface area contributed by atoms with Crippen molar-refractivity contribution in [3.05, 3.63) is 47.5 Å². The molecule has 0 spiro atoms. The van der Waals surface area contributed by atoms with Gasteiger partial charge in [-0.3, -0.25) is 4.68 Å². The van der Waals surface area contributed by atoms with Crippen molar-refractivity contribution in [2.24, 2.45) is 12.0 Å². The highest BCUT2D eigenvalue weighted by atomic mass is 15.3. The second-order valence-corrected chi connectivity index (χ2v) is 5.91. The number of hydrogen-bond acceptors (Lipinski definition) is 4. The van der Waals surface area contributed by atoms with Crippen molar-refractivity contribution in [2.75, 3.05) is 20.6 Å². The summed E-state index contributed by atoms with van der Waals surface area (Å²) in [7, 11) is 6.03. The van der Waals surface area contributed by atoms with E-state index in [0.717, 1.165) is 24.9 Å². The zero-order chi connectivity index (χ0) is 17.4. The molecule has 0 aliphatic carbocycles. The predicted octanol–water partition coefficient (Wildman–Crippen LogP) is 1.13. The minimum Gasteiger partial charge on any atom is -0.357 e. The Balaban J connectivity index is 1.98. The average molecular weight is 329 g/mol. The fourth-order valence-electron chi connectivity index (χ4n) is 2.35. The van der Waals surface area contributed by atoms with Crippen LogP contribution in [0.1, 0.15) is 23.9 Å². The third-order valence-corrected chi connectivity index (χ3v) is 3.47. The van der Waals surface area contributed by atoms with Crippen molar-refractivity contribution in [3.63, 3.8) is 0 Å². The first-order valence-electron chi connectivity index (χ1n) is 8.16. The highest BCUT2D eigenvalue weighted by molar-refractivity contribution is 5.79. The van der Waals surface area contributed by atoms with Crippen LogP contribution in [-0.2, 0) is 26.7 Å². The first kappa shape index (κ1) is 17.9. The highest BCUT2D eigenvalue weighted by Crippen LogP contribution is 2.08. The molecular weight excluding hydrogens is 302 g/mol. The van der Waals surface area contributed by atoms with Gasteiger partial charge in [0.15, 0.2) is 5.96 Å². The number of benzene rings is 1. The van der Waals surface area contributed by atoms with Crippen molar-refractivity contribution in [3.8, 4) is 0 Å². The molecule has 0 saturated heterocycles. The zero-order valence-electron chi connectivity index (χ0n) is 15.0. The second-order valence-electron chi connectivity index (χ2n) is 5.91. The maximum atomic E-state index is 4.66. The minimum atomic E-state index is 0.586. The molecule has 1 aromatic carbocycles. The van der Waals surface area contributed by atoms with Gasteiger partial charge in [-0.2, -0.15) is 5.10 Å². The highest BCUT2D eigenvalue weighted by Gasteiger charge is 2.03. The van der Waals surface area contributed by atoms with Crippen LogP contribution in [0.5, 0.6) is 0 Å². The number of aryl methyl sites for hydroxylation is 1. The van der Waals surface area contributed by atoms with Crippen molar-refractivity contribution >= 4 is 5.96 Å². The first-order chi connectivity index (χ1) is 11.6. The smallest absolute Gasteiger partial charge is 0.191 e. The number of nitrogens with one attached hydrogen (secondary N) is 2.